The number of hydrogen-bond donors (Lipinski definition) is 1. The van der Waals surface area contributed by atoms with Gasteiger partial charge in [0.05, 0.1) is 12.8 Å². The fraction of sp³-hybridized carbons (Fsp3) is 0.429. The van der Waals surface area contributed by atoms with Gasteiger partial charge in [0, 0.05) is 26.2 Å². The standard InChI is InChI=1S/C21H29N7OS2/c1-6-27(7-2)20-23-16(17-18(22)24-21(30-17)28(8-3)9-4)19(31-20)26-25-14-10-12-15(29-5)13-11-14/h10-13H,6-9,22H2,1-5H3. The van der Waals surface area contributed by atoms with Crippen molar-refractivity contribution < 1.29 is 4.74 Å². The molecule has 166 valence electrons. The minimum absolute atomic E-state index is 0.476. The van der Waals surface area contributed by atoms with Gasteiger partial charge < -0.3 is 20.3 Å². The Bertz CT molecular complexity index is 1010. The maximum Gasteiger partial charge on any atom is 0.188 e. The van der Waals surface area contributed by atoms with Crippen LogP contribution in [0.2, 0.25) is 0 Å². The minimum Gasteiger partial charge on any atom is -0.497 e. The Morgan fingerprint density at radius 3 is 2.00 bits per heavy atom. The van der Waals surface area contributed by atoms with Crippen molar-refractivity contribution in [2.24, 2.45) is 10.2 Å². The Morgan fingerprint density at radius 2 is 1.45 bits per heavy atom. The molecule has 0 saturated carbocycles. The van der Waals surface area contributed by atoms with Gasteiger partial charge in [-0.1, -0.05) is 22.7 Å². The van der Waals surface area contributed by atoms with E-state index in [2.05, 4.69) is 52.7 Å². The Labute approximate surface area is 191 Å². The third kappa shape index (κ3) is 5.13. The van der Waals surface area contributed by atoms with E-state index in [1.54, 1.807) is 18.4 Å². The highest BCUT2D eigenvalue weighted by Crippen LogP contribution is 2.46. The first kappa shape index (κ1) is 23.0. The topological polar surface area (TPSA) is 92.2 Å². The number of azo groups is 1. The highest BCUT2D eigenvalue weighted by molar-refractivity contribution is 7.22. The number of aromatic nitrogens is 2. The molecule has 8 nitrogen and oxygen atoms in total. The molecule has 2 heterocycles. The van der Waals surface area contributed by atoms with Crippen LogP contribution in [0.5, 0.6) is 5.75 Å². The van der Waals surface area contributed by atoms with E-state index in [1.807, 2.05) is 24.3 Å². The molecule has 3 aromatic rings. The molecule has 0 aliphatic heterocycles. The van der Waals surface area contributed by atoms with Crippen LogP contribution in [-0.2, 0) is 0 Å². The van der Waals surface area contributed by atoms with Crippen molar-refractivity contribution >= 4 is 49.4 Å². The molecule has 0 saturated heterocycles. The van der Waals surface area contributed by atoms with Crippen LogP contribution in [-0.4, -0.2) is 43.3 Å². The lowest BCUT2D eigenvalue weighted by molar-refractivity contribution is 0.415. The second-order valence-corrected chi connectivity index (χ2v) is 8.54. The molecule has 0 aliphatic carbocycles. The van der Waals surface area contributed by atoms with Gasteiger partial charge in [0.25, 0.3) is 0 Å². The summed E-state index contributed by atoms with van der Waals surface area (Å²) in [5, 5.41) is 11.5. The lowest BCUT2D eigenvalue weighted by Gasteiger charge is -2.16. The van der Waals surface area contributed by atoms with Gasteiger partial charge in [-0.15, -0.1) is 10.2 Å². The summed E-state index contributed by atoms with van der Waals surface area (Å²) >= 11 is 3.06. The molecule has 0 atom stereocenters. The summed E-state index contributed by atoms with van der Waals surface area (Å²) in [5.41, 5.74) is 7.79. The summed E-state index contributed by atoms with van der Waals surface area (Å²) < 4.78 is 5.21. The van der Waals surface area contributed by atoms with Crippen LogP contribution >= 0.6 is 22.7 Å². The predicted molar refractivity (Wildman–Crippen MR) is 132 cm³/mol. The van der Waals surface area contributed by atoms with E-state index >= 15 is 0 Å². The Balaban J connectivity index is 2.03. The predicted octanol–water partition coefficient (Wildman–Crippen LogP) is 5.97. The first-order valence-corrected chi connectivity index (χ1v) is 12.0. The van der Waals surface area contributed by atoms with Gasteiger partial charge in [0.2, 0.25) is 0 Å². The smallest absolute Gasteiger partial charge is 0.188 e. The van der Waals surface area contributed by atoms with Crippen LogP contribution in [0.25, 0.3) is 10.6 Å². The highest BCUT2D eigenvalue weighted by Gasteiger charge is 2.22. The van der Waals surface area contributed by atoms with Crippen molar-refractivity contribution in [3.63, 3.8) is 0 Å². The summed E-state index contributed by atoms with van der Waals surface area (Å²) in [6.07, 6.45) is 0. The van der Waals surface area contributed by atoms with Crippen LogP contribution in [0.15, 0.2) is 34.5 Å². The molecule has 10 heteroatoms. The number of nitrogens with two attached hydrogens (primary N) is 1. The maximum atomic E-state index is 6.32. The molecule has 2 N–H and O–H groups in total. The Kier molecular flexibility index (Phi) is 7.80. The van der Waals surface area contributed by atoms with E-state index < -0.39 is 0 Å². The number of nitrogens with zero attached hydrogens (tertiary/aromatic N) is 6. The molecule has 0 unspecified atom stereocenters. The van der Waals surface area contributed by atoms with Gasteiger partial charge in [0.1, 0.15) is 22.1 Å². The summed E-state index contributed by atoms with van der Waals surface area (Å²) in [6.45, 7) is 11.9. The zero-order chi connectivity index (χ0) is 22.4. The highest BCUT2D eigenvalue weighted by atomic mass is 32.1. The van der Waals surface area contributed by atoms with Gasteiger partial charge in [0.15, 0.2) is 15.3 Å². The number of rotatable bonds is 10. The second kappa shape index (κ2) is 10.5. The number of benzene rings is 1. The third-order valence-electron chi connectivity index (χ3n) is 4.85. The maximum absolute atomic E-state index is 6.32. The zero-order valence-electron chi connectivity index (χ0n) is 18.6. The third-order valence-corrected chi connectivity index (χ3v) is 6.99. The van der Waals surface area contributed by atoms with Gasteiger partial charge >= 0.3 is 0 Å². The molecule has 0 radical (unpaired) electrons. The van der Waals surface area contributed by atoms with Crippen molar-refractivity contribution in [3.8, 4) is 16.3 Å². The van der Waals surface area contributed by atoms with Crippen LogP contribution in [0.3, 0.4) is 0 Å². The molecular weight excluding hydrogens is 430 g/mol. The number of anilines is 3. The van der Waals surface area contributed by atoms with Crippen molar-refractivity contribution in [2.45, 2.75) is 27.7 Å². The number of methoxy groups -OCH3 is 1. The normalized spacial score (nSPS) is 11.3. The van der Waals surface area contributed by atoms with E-state index in [1.165, 1.54) is 11.3 Å². The number of ether oxygens (including phenoxy) is 1. The van der Waals surface area contributed by atoms with Crippen LogP contribution in [0, 0.1) is 0 Å². The summed E-state index contributed by atoms with van der Waals surface area (Å²) in [6, 6.07) is 7.46. The van der Waals surface area contributed by atoms with Gasteiger partial charge in [-0.3, -0.25) is 0 Å². The molecule has 1 aromatic carbocycles. The number of thiazole rings is 2. The van der Waals surface area contributed by atoms with Gasteiger partial charge in [-0.05, 0) is 52.0 Å². The zero-order valence-corrected chi connectivity index (χ0v) is 20.3. The van der Waals surface area contributed by atoms with Crippen molar-refractivity contribution in [1.82, 2.24) is 9.97 Å². The van der Waals surface area contributed by atoms with Crippen LogP contribution in [0.1, 0.15) is 27.7 Å². The molecular formula is C21H29N7OS2. The molecule has 0 bridgehead atoms. The average Bonchev–Trinajstić information content (AvgIpc) is 3.38. The number of nitrogen functional groups attached to an aromatic ring is 1. The fourth-order valence-corrected chi connectivity index (χ4v) is 5.21. The quantitative estimate of drug-likeness (QED) is 0.376. The van der Waals surface area contributed by atoms with Crippen LogP contribution in [0.4, 0.5) is 26.8 Å². The van der Waals surface area contributed by atoms with E-state index in [0.717, 1.165) is 63.5 Å². The first-order valence-electron chi connectivity index (χ1n) is 10.4. The van der Waals surface area contributed by atoms with Gasteiger partial charge in [-0.2, -0.15) is 0 Å². The summed E-state index contributed by atoms with van der Waals surface area (Å²) in [7, 11) is 1.64. The molecule has 0 aliphatic rings. The minimum atomic E-state index is 0.476. The Hall–Kier alpha value is -2.72. The molecule has 0 spiro atoms. The fourth-order valence-electron chi connectivity index (χ4n) is 3.02. The summed E-state index contributed by atoms with van der Waals surface area (Å²) in [5.74, 6) is 1.26. The molecule has 3 rings (SSSR count). The Morgan fingerprint density at radius 1 is 0.871 bits per heavy atom. The van der Waals surface area contributed by atoms with Crippen LogP contribution < -0.4 is 20.3 Å². The molecule has 0 fully saturated rings. The van der Waals surface area contributed by atoms with Crippen molar-refractivity contribution in [2.75, 3.05) is 48.8 Å². The molecule has 0 amide bonds. The summed E-state index contributed by atoms with van der Waals surface area (Å²) in [4.78, 5) is 14.7. The molecule has 31 heavy (non-hydrogen) atoms. The monoisotopic (exact) mass is 459 g/mol. The average molecular weight is 460 g/mol. The lowest BCUT2D eigenvalue weighted by Crippen LogP contribution is -2.21. The van der Waals surface area contributed by atoms with Gasteiger partial charge in [-0.25, -0.2) is 9.97 Å². The largest absolute Gasteiger partial charge is 0.497 e. The second-order valence-electron chi connectivity index (χ2n) is 6.60. The SMILES string of the molecule is CCN(CC)c1nc(-c2sc(N(CC)CC)nc2N)c(N=Nc2ccc(OC)cc2)s1. The van der Waals surface area contributed by atoms with E-state index in [0.29, 0.717) is 5.82 Å². The van der Waals surface area contributed by atoms with Crippen molar-refractivity contribution in [3.05, 3.63) is 24.3 Å². The van der Waals surface area contributed by atoms with E-state index in [9.17, 15) is 0 Å². The number of hydrogen-bond acceptors (Lipinski definition) is 10. The van der Waals surface area contributed by atoms with E-state index in [-0.39, 0.29) is 0 Å². The first-order chi connectivity index (χ1) is 15.0. The molecule has 2 aromatic heterocycles. The van der Waals surface area contributed by atoms with E-state index in [4.69, 9.17) is 15.5 Å². The lowest BCUT2D eigenvalue weighted by atomic mass is 10.3. The van der Waals surface area contributed by atoms with Crippen molar-refractivity contribution in [1.29, 1.82) is 0 Å².